The molecule has 0 aliphatic rings. The summed E-state index contributed by atoms with van der Waals surface area (Å²) in [6.45, 7) is 6.02. The van der Waals surface area contributed by atoms with E-state index in [1.54, 1.807) is 0 Å². The third kappa shape index (κ3) is 3.83. The van der Waals surface area contributed by atoms with Crippen molar-refractivity contribution >= 4 is 16.8 Å². The van der Waals surface area contributed by atoms with Crippen molar-refractivity contribution in [2.75, 3.05) is 19.8 Å². The van der Waals surface area contributed by atoms with Gasteiger partial charge in [0, 0.05) is 35.8 Å². The second-order valence-corrected chi connectivity index (χ2v) is 5.00. The Kier molecular flexibility index (Phi) is 4.58. The van der Waals surface area contributed by atoms with Crippen LogP contribution in [0.5, 0.6) is 0 Å². The van der Waals surface area contributed by atoms with Gasteiger partial charge in [-0.3, -0.25) is 4.79 Å². The third-order valence-corrected chi connectivity index (χ3v) is 2.80. The lowest BCUT2D eigenvalue weighted by Gasteiger charge is -2.08. The molecule has 4 heteroatoms. The summed E-state index contributed by atoms with van der Waals surface area (Å²) in [5, 5.41) is 3.90. The van der Waals surface area contributed by atoms with Gasteiger partial charge in [0.25, 0.3) is 5.91 Å². The summed E-state index contributed by atoms with van der Waals surface area (Å²) >= 11 is 0. The molecular formula is C15H20N2O2. The number of H-pyrrole nitrogens is 1. The summed E-state index contributed by atoms with van der Waals surface area (Å²) in [5.74, 6) is 0.461. The van der Waals surface area contributed by atoms with Gasteiger partial charge in [0.05, 0.1) is 6.61 Å². The van der Waals surface area contributed by atoms with Gasteiger partial charge in [-0.15, -0.1) is 0 Å². The van der Waals surface area contributed by atoms with Gasteiger partial charge in [0.1, 0.15) is 0 Å². The average molecular weight is 260 g/mol. The van der Waals surface area contributed by atoms with E-state index in [2.05, 4.69) is 24.1 Å². The molecule has 0 fully saturated rings. The van der Waals surface area contributed by atoms with Gasteiger partial charge in [0.2, 0.25) is 0 Å². The molecule has 0 aliphatic heterocycles. The number of fused-ring (bicyclic) bond motifs is 1. The first kappa shape index (κ1) is 13.6. The van der Waals surface area contributed by atoms with Crippen LogP contribution in [-0.4, -0.2) is 30.6 Å². The molecule has 4 nitrogen and oxygen atoms in total. The van der Waals surface area contributed by atoms with Crippen LogP contribution in [0.1, 0.15) is 24.2 Å². The maximum absolute atomic E-state index is 11.9. The highest BCUT2D eigenvalue weighted by Crippen LogP contribution is 2.13. The van der Waals surface area contributed by atoms with Crippen LogP contribution in [0.25, 0.3) is 10.9 Å². The van der Waals surface area contributed by atoms with E-state index < -0.39 is 0 Å². The summed E-state index contributed by atoms with van der Waals surface area (Å²) < 4.78 is 5.42. The maximum Gasteiger partial charge on any atom is 0.251 e. The van der Waals surface area contributed by atoms with E-state index >= 15 is 0 Å². The minimum atomic E-state index is -0.0590. The fraction of sp³-hybridized carbons (Fsp3) is 0.400. The topological polar surface area (TPSA) is 54.1 Å². The SMILES string of the molecule is CC(C)COCCNC(=O)c1ccc2[nH]ccc2c1. The molecule has 1 heterocycles. The molecule has 19 heavy (non-hydrogen) atoms. The molecule has 2 N–H and O–H groups in total. The highest BCUT2D eigenvalue weighted by molar-refractivity contribution is 5.98. The number of aromatic amines is 1. The van der Waals surface area contributed by atoms with Crippen LogP contribution >= 0.6 is 0 Å². The Labute approximate surface area is 113 Å². The van der Waals surface area contributed by atoms with Gasteiger partial charge in [0.15, 0.2) is 0 Å². The van der Waals surface area contributed by atoms with Crippen LogP contribution in [0, 0.1) is 5.92 Å². The molecular weight excluding hydrogens is 240 g/mol. The zero-order valence-corrected chi connectivity index (χ0v) is 11.4. The molecule has 2 aromatic rings. The molecule has 0 saturated heterocycles. The number of hydrogen-bond acceptors (Lipinski definition) is 2. The van der Waals surface area contributed by atoms with E-state index in [-0.39, 0.29) is 5.91 Å². The lowest BCUT2D eigenvalue weighted by molar-refractivity contribution is 0.0886. The molecule has 2 rings (SSSR count). The Morgan fingerprint density at radius 2 is 2.21 bits per heavy atom. The second-order valence-electron chi connectivity index (χ2n) is 5.00. The van der Waals surface area contributed by atoms with Crippen molar-refractivity contribution in [3.63, 3.8) is 0 Å². The van der Waals surface area contributed by atoms with Crippen molar-refractivity contribution in [2.24, 2.45) is 5.92 Å². The lowest BCUT2D eigenvalue weighted by atomic mass is 10.1. The van der Waals surface area contributed by atoms with Gasteiger partial charge in [-0.05, 0) is 30.2 Å². The van der Waals surface area contributed by atoms with Gasteiger partial charge in [-0.1, -0.05) is 13.8 Å². The number of aromatic nitrogens is 1. The monoisotopic (exact) mass is 260 g/mol. The fourth-order valence-corrected chi connectivity index (χ4v) is 1.85. The Balaban J connectivity index is 1.82. The van der Waals surface area contributed by atoms with Crippen molar-refractivity contribution in [2.45, 2.75) is 13.8 Å². The van der Waals surface area contributed by atoms with Crippen molar-refractivity contribution in [3.05, 3.63) is 36.0 Å². The predicted octanol–water partition coefficient (Wildman–Crippen LogP) is 2.57. The quantitative estimate of drug-likeness (QED) is 0.784. The van der Waals surface area contributed by atoms with Crippen LogP contribution in [0.2, 0.25) is 0 Å². The van der Waals surface area contributed by atoms with Crippen molar-refractivity contribution in [1.29, 1.82) is 0 Å². The Morgan fingerprint density at radius 3 is 3.00 bits per heavy atom. The fourth-order valence-electron chi connectivity index (χ4n) is 1.85. The summed E-state index contributed by atoms with van der Waals surface area (Å²) in [5.41, 5.74) is 1.72. The summed E-state index contributed by atoms with van der Waals surface area (Å²) in [4.78, 5) is 15.0. The van der Waals surface area contributed by atoms with Gasteiger partial charge >= 0.3 is 0 Å². The number of nitrogens with one attached hydrogen (secondary N) is 2. The van der Waals surface area contributed by atoms with Crippen molar-refractivity contribution in [1.82, 2.24) is 10.3 Å². The van der Waals surface area contributed by atoms with E-state index in [1.807, 2.05) is 30.5 Å². The van der Waals surface area contributed by atoms with Crippen molar-refractivity contribution < 1.29 is 9.53 Å². The number of rotatable bonds is 6. The highest BCUT2D eigenvalue weighted by atomic mass is 16.5. The van der Waals surface area contributed by atoms with E-state index in [9.17, 15) is 4.79 Å². The van der Waals surface area contributed by atoms with Gasteiger partial charge < -0.3 is 15.0 Å². The van der Waals surface area contributed by atoms with Crippen LogP contribution in [0.3, 0.4) is 0 Å². The molecule has 1 amide bonds. The Morgan fingerprint density at radius 1 is 1.37 bits per heavy atom. The molecule has 1 aromatic heterocycles. The molecule has 0 bridgehead atoms. The first-order valence-corrected chi connectivity index (χ1v) is 6.60. The minimum Gasteiger partial charge on any atom is -0.379 e. The minimum absolute atomic E-state index is 0.0590. The van der Waals surface area contributed by atoms with Gasteiger partial charge in [-0.25, -0.2) is 0 Å². The number of carbonyl (C=O) groups is 1. The summed E-state index contributed by atoms with van der Waals surface area (Å²) in [6.07, 6.45) is 1.87. The second kappa shape index (κ2) is 6.38. The van der Waals surface area contributed by atoms with Gasteiger partial charge in [-0.2, -0.15) is 0 Å². The molecule has 1 aromatic carbocycles. The molecule has 0 unspecified atom stereocenters. The number of ether oxygens (including phenoxy) is 1. The van der Waals surface area contributed by atoms with Crippen molar-refractivity contribution in [3.8, 4) is 0 Å². The largest absolute Gasteiger partial charge is 0.379 e. The first-order valence-electron chi connectivity index (χ1n) is 6.60. The molecule has 0 spiro atoms. The average Bonchev–Trinajstić information content (AvgIpc) is 2.84. The smallest absolute Gasteiger partial charge is 0.251 e. The number of benzene rings is 1. The molecule has 0 saturated carbocycles. The zero-order valence-electron chi connectivity index (χ0n) is 11.4. The predicted molar refractivity (Wildman–Crippen MR) is 76.3 cm³/mol. The molecule has 102 valence electrons. The number of amides is 1. The molecule has 0 radical (unpaired) electrons. The number of hydrogen-bond donors (Lipinski definition) is 2. The lowest BCUT2D eigenvalue weighted by Crippen LogP contribution is -2.27. The van der Waals surface area contributed by atoms with E-state index in [1.165, 1.54) is 0 Å². The Hall–Kier alpha value is -1.81. The zero-order chi connectivity index (χ0) is 13.7. The third-order valence-electron chi connectivity index (χ3n) is 2.80. The van der Waals surface area contributed by atoms with Crippen LogP contribution in [0.4, 0.5) is 0 Å². The van der Waals surface area contributed by atoms with E-state index in [0.29, 0.717) is 24.6 Å². The maximum atomic E-state index is 11.9. The summed E-state index contributed by atoms with van der Waals surface area (Å²) in [6, 6.07) is 7.58. The highest BCUT2D eigenvalue weighted by Gasteiger charge is 2.06. The standard InChI is InChI=1S/C15H20N2O2/c1-11(2)10-19-8-7-17-15(18)13-3-4-14-12(9-13)5-6-16-14/h3-6,9,11,16H,7-8,10H2,1-2H3,(H,17,18). The number of carbonyl (C=O) groups excluding carboxylic acids is 1. The normalized spacial score (nSPS) is 11.1. The molecule has 0 aliphatic carbocycles. The van der Waals surface area contributed by atoms with E-state index in [4.69, 9.17) is 4.74 Å². The van der Waals surface area contributed by atoms with E-state index in [0.717, 1.165) is 17.5 Å². The first-order chi connectivity index (χ1) is 9.16. The van der Waals surface area contributed by atoms with Crippen LogP contribution in [-0.2, 0) is 4.74 Å². The molecule has 0 atom stereocenters. The van der Waals surface area contributed by atoms with Crippen LogP contribution < -0.4 is 5.32 Å². The van der Waals surface area contributed by atoms with Crippen LogP contribution in [0.15, 0.2) is 30.5 Å². The Bertz CT molecular complexity index is 546. The summed E-state index contributed by atoms with van der Waals surface area (Å²) in [7, 11) is 0.